The molecule has 4 rings (SSSR count). The van der Waals surface area contributed by atoms with Gasteiger partial charge in [0.25, 0.3) is 0 Å². The van der Waals surface area contributed by atoms with Gasteiger partial charge < -0.3 is 5.73 Å². The predicted octanol–water partition coefficient (Wildman–Crippen LogP) is 4.33. The lowest BCUT2D eigenvalue weighted by atomic mass is 9.77. The summed E-state index contributed by atoms with van der Waals surface area (Å²) in [7, 11) is 0. The summed E-state index contributed by atoms with van der Waals surface area (Å²) in [6.45, 7) is 1.80. The molecule has 23 heavy (non-hydrogen) atoms. The highest BCUT2D eigenvalue weighted by Crippen LogP contribution is 2.38. The highest BCUT2D eigenvalue weighted by molar-refractivity contribution is 6.09. The van der Waals surface area contributed by atoms with Crippen molar-refractivity contribution < 1.29 is 4.79 Å². The number of benzene rings is 3. The van der Waals surface area contributed by atoms with Crippen molar-refractivity contribution in [1.29, 1.82) is 0 Å². The van der Waals surface area contributed by atoms with Gasteiger partial charge in [-0.25, -0.2) is 0 Å². The first kappa shape index (κ1) is 14.4. The minimum absolute atomic E-state index is 0.0328. The van der Waals surface area contributed by atoms with E-state index in [2.05, 4.69) is 48.5 Å². The van der Waals surface area contributed by atoms with Crippen LogP contribution in [0.3, 0.4) is 0 Å². The van der Waals surface area contributed by atoms with Gasteiger partial charge in [0, 0.05) is 5.92 Å². The molecule has 116 valence electrons. The van der Waals surface area contributed by atoms with Crippen LogP contribution in [0.15, 0.2) is 48.5 Å². The zero-order valence-electron chi connectivity index (χ0n) is 13.4. The molecule has 1 aliphatic rings. The fourth-order valence-electron chi connectivity index (χ4n) is 4.02. The summed E-state index contributed by atoms with van der Waals surface area (Å²) >= 11 is 0. The molecule has 0 amide bonds. The average Bonchev–Trinajstić information content (AvgIpc) is 2.59. The Labute approximate surface area is 136 Å². The second kappa shape index (κ2) is 5.47. The molecule has 3 aromatic rings. The standard InChI is InChI=1S/C21H21NO/c1-13(22)21(23)20-8-4-7-16-18-10-9-14-5-2-3-6-15(14)17(18)11-12-19(16)20/h2-3,5-6,9-13,20H,4,7-8,22H2,1H3. The van der Waals surface area contributed by atoms with Gasteiger partial charge in [-0.3, -0.25) is 4.79 Å². The molecule has 0 aliphatic heterocycles. The Morgan fingerprint density at radius 1 is 1.04 bits per heavy atom. The maximum atomic E-state index is 12.5. The second-order valence-electron chi connectivity index (χ2n) is 6.65. The van der Waals surface area contributed by atoms with Gasteiger partial charge in [-0.1, -0.05) is 48.5 Å². The third-order valence-electron chi connectivity index (χ3n) is 5.16. The van der Waals surface area contributed by atoms with Crippen molar-refractivity contribution >= 4 is 27.3 Å². The van der Waals surface area contributed by atoms with Gasteiger partial charge in [0.15, 0.2) is 5.78 Å². The normalized spacial score (nSPS) is 18.8. The summed E-state index contributed by atoms with van der Waals surface area (Å²) in [5.41, 5.74) is 8.40. The van der Waals surface area contributed by atoms with E-state index in [1.54, 1.807) is 6.92 Å². The zero-order valence-corrected chi connectivity index (χ0v) is 13.4. The lowest BCUT2D eigenvalue weighted by Crippen LogP contribution is -2.33. The van der Waals surface area contributed by atoms with Gasteiger partial charge in [0.2, 0.25) is 0 Å². The molecule has 0 aromatic heterocycles. The Balaban J connectivity index is 1.96. The number of aryl methyl sites for hydroxylation is 1. The van der Waals surface area contributed by atoms with Gasteiger partial charge in [-0.15, -0.1) is 0 Å². The topological polar surface area (TPSA) is 43.1 Å². The minimum Gasteiger partial charge on any atom is -0.322 e. The van der Waals surface area contributed by atoms with E-state index < -0.39 is 6.04 Å². The van der Waals surface area contributed by atoms with Crippen LogP contribution in [-0.2, 0) is 11.2 Å². The van der Waals surface area contributed by atoms with Crippen LogP contribution in [0.5, 0.6) is 0 Å². The monoisotopic (exact) mass is 303 g/mol. The summed E-state index contributed by atoms with van der Waals surface area (Å²) in [5.74, 6) is 0.140. The molecule has 2 N–H and O–H groups in total. The maximum Gasteiger partial charge on any atom is 0.156 e. The molecule has 2 heteroatoms. The molecule has 0 heterocycles. The molecule has 2 unspecified atom stereocenters. The van der Waals surface area contributed by atoms with Crippen LogP contribution in [0.2, 0.25) is 0 Å². The zero-order chi connectivity index (χ0) is 16.0. The van der Waals surface area contributed by atoms with Crippen molar-refractivity contribution in [3.05, 3.63) is 59.7 Å². The van der Waals surface area contributed by atoms with E-state index in [0.29, 0.717) is 0 Å². The number of nitrogens with two attached hydrogens (primary N) is 1. The second-order valence-corrected chi connectivity index (χ2v) is 6.65. The number of fused-ring (bicyclic) bond motifs is 5. The number of ketones is 1. The smallest absolute Gasteiger partial charge is 0.156 e. The van der Waals surface area contributed by atoms with E-state index in [-0.39, 0.29) is 11.7 Å². The molecular weight excluding hydrogens is 282 g/mol. The molecule has 0 saturated heterocycles. The molecular formula is C21H21NO. The van der Waals surface area contributed by atoms with Crippen molar-refractivity contribution in [2.45, 2.75) is 38.1 Å². The van der Waals surface area contributed by atoms with Crippen LogP contribution >= 0.6 is 0 Å². The molecule has 2 atom stereocenters. The maximum absolute atomic E-state index is 12.5. The average molecular weight is 303 g/mol. The largest absolute Gasteiger partial charge is 0.322 e. The third-order valence-corrected chi connectivity index (χ3v) is 5.16. The number of carbonyl (C=O) groups is 1. The molecule has 2 nitrogen and oxygen atoms in total. The van der Waals surface area contributed by atoms with Gasteiger partial charge in [-0.05, 0) is 58.9 Å². The summed E-state index contributed by atoms with van der Waals surface area (Å²) in [6.07, 6.45) is 3.03. The lowest BCUT2D eigenvalue weighted by molar-refractivity contribution is -0.121. The predicted molar refractivity (Wildman–Crippen MR) is 95.8 cm³/mol. The summed E-state index contributed by atoms with van der Waals surface area (Å²) in [5, 5.41) is 5.13. The van der Waals surface area contributed by atoms with Gasteiger partial charge in [0.05, 0.1) is 6.04 Å². The van der Waals surface area contributed by atoms with Crippen molar-refractivity contribution in [3.63, 3.8) is 0 Å². The Kier molecular flexibility index (Phi) is 3.42. The van der Waals surface area contributed by atoms with Crippen molar-refractivity contribution in [2.75, 3.05) is 0 Å². The molecule has 0 fully saturated rings. The van der Waals surface area contributed by atoms with Crippen LogP contribution in [0, 0.1) is 0 Å². The number of rotatable bonds is 2. The number of Topliss-reactive ketones (excluding diaryl/α,β-unsaturated/α-hetero) is 1. The van der Waals surface area contributed by atoms with Crippen LogP contribution in [0.25, 0.3) is 21.5 Å². The summed E-state index contributed by atoms with van der Waals surface area (Å²) < 4.78 is 0. The minimum atomic E-state index is -0.391. The first-order chi connectivity index (χ1) is 11.2. The van der Waals surface area contributed by atoms with E-state index in [1.807, 2.05) is 0 Å². The van der Waals surface area contributed by atoms with Crippen molar-refractivity contribution in [1.82, 2.24) is 0 Å². The molecule has 0 radical (unpaired) electrons. The van der Waals surface area contributed by atoms with Gasteiger partial charge in [0.1, 0.15) is 0 Å². The molecule has 0 spiro atoms. The molecule has 0 saturated carbocycles. The van der Waals surface area contributed by atoms with Crippen LogP contribution < -0.4 is 5.73 Å². The van der Waals surface area contributed by atoms with E-state index in [9.17, 15) is 4.79 Å². The van der Waals surface area contributed by atoms with Gasteiger partial charge >= 0.3 is 0 Å². The molecule has 0 bridgehead atoms. The fraction of sp³-hybridized carbons (Fsp3) is 0.286. The van der Waals surface area contributed by atoms with Gasteiger partial charge in [-0.2, -0.15) is 0 Å². The summed E-state index contributed by atoms with van der Waals surface area (Å²) in [6, 6.07) is 16.8. The fourth-order valence-corrected chi connectivity index (χ4v) is 4.02. The van der Waals surface area contributed by atoms with Crippen molar-refractivity contribution in [2.24, 2.45) is 5.73 Å². The third kappa shape index (κ3) is 2.25. The molecule has 3 aromatic carbocycles. The van der Waals surface area contributed by atoms with E-state index in [0.717, 1.165) is 19.3 Å². The molecule has 1 aliphatic carbocycles. The number of hydrogen-bond acceptors (Lipinski definition) is 2. The first-order valence-corrected chi connectivity index (χ1v) is 8.39. The van der Waals surface area contributed by atoms with Crippen LogP contribution in [0.4, 0.5) is 0 Å². The Morgan fingerprint density at radius 2 is 1.83 bits per heavy atom. The number of carbonyl (C=O) groups excluding carboxylic acids is 1. The lowest BCUT2D eigenvalue weighted by Gasteiger charge is -2.27. The Morgan fingerprint density at radius 3 is 2.65 bits per heavy atom. The Hall–Kier alpha value is -2.19. The van der Waals surface area contributed by atoms with Crippen molar-refractivity contribution in [3.8, 4) is 0 Å². The SMILES string of the molecule is CC(N)C(=O)C1CCCc2c1ccc1c2ccc2ccccc21. The number of hydrogen-bond donors (Lipinski definition) is 1. The quantitative estimate of drug-likeness (QED) is 0.716. The van der Waals surface area contributed by atoms with E-state index in [4.69, 9.17) is 5.73 Å². The highest BCUT2D eigenvalue weighted by atomic mass is 16.1. The first-order valence-electron chi connectivity index (χ1n) is 8.39. The van der Waals surface area contributed by atoms with E-state index >= 15 is 0 Å². The summed E-state index contributed by atoms with van der Waals surface area (Å²) in [4.78, 5) is 12.5. The van der Waals surface area contributed by atoms with E-state index in [1.165, 1.54) is 32.7 Å². The van der Waals surface area contributed by atoms with Crippen LogP contribution in [-0.4, -0.2) is 11.8 Å². The Bertz CT molecular complexity index is 910. The highest BCUT2D eigenvalue weighted by Gasteiger charge is 2.29. The van der Waals surface area contributed by atoms with Crippen LogP contribution in [0.1, 0.15) is 36.8 Å².